The van der Waals surface area contributed by atoms with Crippen molar-refractivity contribution in [2.45, 2.75) is 19.4 Å². The first-order valence-electron chi connectivity index (χ1n) is 5.09. The van der Waals surface area contributed by atoms with Crippen LogP contribution in [0.25, 0.3) is 0 Å². The molecule has 0 N–H and O–H groups in total. The Kier molecular flexibility index (Phi) is 4.79. The van der Waals surface area contributed by atoms with Crippen LogP contribution in [0.15, 0.2) is 29.2 Å². The second-order valence-corrected chi connectivity index (χ2v) is 3.28. The first-order chi connectivity index (χ1) is 7.69. The van der Waals surface area contributed by atoms with Gasteiger partial charge in [0.1, 0.15) is 11.9 Å². The molecular formula is C12H16O4. The van der Waals surface area contributed by atoms with E-state index < -0.39 is 5.97 Å². The van der Waals surface area contributed by atoms with Crippen LogP contribution in [0, 0.1) is 0 Å². The lowest BCUT2D eigenvalue weighted by molar-refractivity contribution is 0.0467. The number of rotatable bonds is 6. The molecule has 0 aliphatic carbocycles. The maximum Gasteiger partial charge on any atom is 0.373 e. The van der Waals surface area contributed by atoms with Gasteiger partial charge in [-0.25, -0.2) is 4.79 Å². The number of methoxy groups -OCH3 is 1. The fourth-order valence-corrected chi connectivity index (χ4v) is 1.19. The predicted molar refractivity (Wildman–Crippen MR) is 59.2 cm³/mol. The van der Waals surface area contributed by atoms with Crippen molar-refractivity contribution in [3.8, 4) is 0 Å². The molecule has 1 aromatic heterocycles. The van der Waals surface area contributed by atoms with Gasteiger partial charge in [0.05, 0.1) is 13.7 Å². The van der Waals surface area contributed by atoms with Gasteiger partial charge in [-0.2, -0.15) is 0 Å². The van der Waals surface area contributed by atoms with Gasteiger partial charge >= 0.3 is 5.97 Å². The number of carbonyl (C=O) groups is 1. The maximum absolute atomic E-state index is 11.1. The highest BCUT2D eigenvalue weighted by atomic mass is 16.5. The number of furan rings is 1. The van der Waals surface area contributed by atoms with Crippen molar-refractivity contribution in [1.82, 2.24) is 0 Å². The minimum atomic E-state index is -0.482. The summed E-state index contributed by atoms with van der Waals surface area (Å²) in [5.74, 6) is 0.325. The molecule has 0 aliphatic heterocycles. The molecule has 0 saturated carbocycles. The predicted octanol–water partition coefficient (Wildman–Crippen LogP) is 2.72. The summed E-state index contributed by atoms with van der Waals surface area (Å²) in [6.45, 7) is 6.05. The van der Waals surface area contributed by atoms with Crippen LogP contribution >= 0.6 is 0 Å². The Hall–Kier alpha value is -1.55. The van der Waals surface area contributed by atoms with Crippen LogP contribution in [0.2, 0.25) is 0 Å². The third kappa shape index (κ3) is 3.24. The maximum atomic E-state index is 11.1. The van der Waals surface area contributed by atoms with Crippen LogP contribution in [0.1, 0.15) is 35.8 Å². The minimum absolute atomic E-state index is 0.182. The van der Waals surface area contributed by atoms with E-state index in [2.05, 4.69) is 11.3 Å². The van der Waals surface area contributed by atoms with Crippen molar-refractivity contribution in [1.29, 1.82) is 0 Å². The molecule has 0 saturated heterocycles. The Morgan fingerprint density at radius 1 is 1.62 bits per heavy atom. The Labute approximate surface area is 94.8 Å². The van der Waals surface area contributed by atoms with Gasteiger partial charge in [-0.1, -0.05) is 6.08 Å². The summed E-state index contributed by atoms with van der Waals surface area (Å²) in [5, 5.41) is 0. The van der Waals surface area contributed by atoms with Gasteiger partial charge in [0.2, 0.25) is 5.76 Å². The monoisotopic (exact) mass is 224 g/mol. The largest absolute Gasteiger partial charge is 0.463 e. The molecule has 0 aliphatic rings. The lowest BCUT2D eigenvalue weighted by Gasteiger charge is -2.08. The third-order valence-corrected chi connectivity index (χ3v) is 2.10. The average molecular weight is 224 g/mol. The van der Waals surface area contributed by atoms with Crippen molar-refractivity contribution in [3.63, 3.8) is 0 Å². The highest BCUT2D eigenvalue weighted by molar-refractivity contribution is 5.86. The normalized spacial score (nSPS) is 12.1. The summed E-state index contributed by atoms with van der Waals surface area (Å²) in [6, 6.07) is 3.29. The average Bonchev–Trinajstić information content (AvgIpc) is 2.77. The van der Waals surface area contributed by atoms with Gasteiger partial charge < -0.3 is 13.9 Å². The first-order valence-corrected chi connectivity index (χ1v) is 5.09. The fraction of sp³-hybridized carbons (Fsp3) is 0.417. The van der Waals surface area contributed by atoms with E-state index >= 15 is 0 Å². The van der Waals surface area contributed by atoms with Crippen LogP contribution < -0.4 is 0 Å². The molecule has 4 nitrogen and oxygen atoms in total. The smallest absolute Gasteiger partial charge is 0.373 e. The molecule has 0 fully saturated rings. The zero-order valence-electron chi connectivity index (χ0n) is 9.56. The van der Waals surface area contributed by atoms with Gasteiger partial charge in [0.15, 0.2) is 0 Å². The van der Waals surface area contributed by atoms with Crippen molar-refractivity contribution >= 4 is 5.97 Å². The SMILES string of the molecule is C=CCCOC(C)c1ccc(C(=O)OC)o1. The topological polar surface area (TPSA) is 48.7 Å². The van der Waals surface area contributed by atoms with E-state index in [4.69, 9.17) is 9.15 Å². The molecule has 4 heteroatoms. The quantitative estimate of drug-likeness (QED) is 0.423. The van der Waals surface area contributed by atoms with Gasteiger partial charge in [-0.15, -0.1) is 6.58 Å². The van der Waals surface area contributed by atoms with E-state index in [1.165, 1.54) is 7.11 Å². The fourth-order valence-electron chi connectivity index (χ4n) is 1.19. The standard InChI is InChI=1S/C12H16O4/c1-4-5-8-15-9(2)10-6-7-11(16-10)12(13)14-3/h4,6-7,9H,1,5,8H2,2-3H3. The van der Waals surface area contributed by atoms with E-state index in [1.54, 1.807) is 18.2 Å². The van der Waals surface area contributed by atoms with Gasteiger partial charge in [-0.05, 0) is 25.5 Å². The molecule has 1 aromatic rings. The van der Waals surface area contributed by atoms with Gasteiger partial charge in [0.25, 0.3) is 0 Å². The molecule has 88 valence electrons. The summed E-state index contributed by atoms with van der Waals surface area (Å²) in [6.07, 6.45) is 2.39. The van der Waals surface area contributed by atoms with E-state index in [0.717, 1.165) is 6.42 Å². The third-order valence-electron chi connectivity index (χ3n) is 2.10. The summed E-state index contributed by atoms with van der Waals surface area (Å²) in [5.41, 5.74) is 0. The number of carbonyl (C=O) groups excluding carboxylic acids is 1. The molecule has 1 rings (SSSR count). The molecule has 1 heterocycles. The Balaban J connectivity index is 2.55. The molecule has 1 atom stereocenters. The van der Waals surface area contributed by atoms with E-state index in [9.17, 15) is 4.79 Å². The lowest BCUT2D eigenvalue weighted by Crippen LogP contribution is -2.01. The molecule has 0 spiro atoms. The van der Waals surface area contributed by atoms with Crippen molar-refractivity contribution in [2.75, 3.05) is 13.7 Å². The molecule has 16 heavy (non-hydrogen) atoms. The zero-order valence-corrected chi connectivity index (χ0v) is 9.56. The highest BCUT2D eigenvalue weighted by Gasteiger charge is 2.15. The van der Waals surface area contributed by atoms with Crippen molar-refractivity contribution in [2.24, 2.45) is 0 Å². The second-order valence-electron chi connectivity index (χ2n) is 3.28. The van der Waals surface area contributed by atoms with Crippen LogP contribution in [0.3, 0.4) is 0 Å². The van der Waals surface area contributed by atoms with E-state index in [1.807, 2.05) is 6.92 Å². The summed E-state index contributed by atoms with van der Waals surface area (Å²) in [7, 11) is 1.31. The van der Waals surface area contributed by atoms with Crippen LogP contribution in [-0.4, -0.2) is 19.7 Å². The Bertz CT molecular complexity index is 354. The molecule has 0 radical (unpaired) electrons. The first kappa shape index (κ1) is 12.5. The van der Waals surface area contributed by atoms with Gasteiger partial charge in [0, 0.05) is 0 Å². The zero-order chi connectivity index (χ0) is 12.0. The van der Waals surface area contributed by atoms with Gasteiger partial charge in [-0.3, -0.25) is 0 Å². The molecule has 0 amide bonds. The lowest BCUT2D eigenvalue weighted by atomic mass is 10.3. The van der Waals surface area contributed by atoms with Crippen molar-refractivity contribution < 1.29 is 18.7 Å². The minimum Gasteiger partial charge on any atom is -0.463 e. The highest BCUT2D eigenvalue weighted by Crippen LogP contribution is 2.20. The number of hydrogen-bond donors (Lipinski definition) is 0. The molecule has 0 bridgehead atoms. The summed E-state index contributed by atoms with van der Waals surface area (Å²) in [4.78, 5) is 11.1. The second kappa shape index (κ2) is 6.12. The molecule has 1 unspecified atom stereocenters. The number of esters is 1. The van der Waals surface area contributed by atoms with Crippen LogP contribution in [-0.2, 0) is 9.47 Å². The Morgan fingerprint density at radius 2 is 2.38 bits per heavy atom. The van der Waals surface area contributed by atoms with Crippen LogP contribution in [0.4, 0.5) is 0 Å². The number of ether oxygens (including phenoxy) is 2. The Morgan fingerprint density at radius 3 is 3.00 bits per heavy atom. The van der Waals surface area contributed by atoms with E-state index in [0.29, 0.717) is 12.4 Å². The molecular weight excluding hydrogens is 208 g/mol. The number of hydrogen-bond acceptors (Lipinski definition) is 4. The molecule has 0 aromatic carbocycles. The van der Waals surface area contributed by atoms with E-state index in [-0.39, 0.29) is 11.9 Å². The summed E-state index contributed by atoms with van der Waals surface area (Å²) < 4.78 is 15.3. The van der Waals surface area contributed by atoms with Crippen LogP contribution in [0.5, 0.6) is 0 Å². The summed E-state index contributed by atoms with van der Waals surface area (Å²) >= 11 is 0. The van der Waals surface area contributed by atoms with Crippen molar-refractivity contribution in [3.05, 3.63) is 36.3 Å².